The third-order valence-electron chi connectivity index (χ3n) is 4.70. The number of rotatable bonds is 6. The standard InChI is InChI=1S/C22H23ClN4O3/c23-27(30)22(29)12-10-20-8-4-7-19(24-20)9-11-21(28)26-15-13-25(14-16-26)17-18-5-2-1-3-6-18/h1-12,30H,13-17H2/b11-9+,12-10+. The molecular weight excluding hydrogens is 404 g/mol. The van der Waals surface area contributed by atoms with E-state index in [1.54, 1.807) is 24.3 Å². The zero-order chi connectivity index (χ0) is 21.3. The van der Waals surface area contributed by atoms with Crippen molar-refractivity contribution in [2.45, 2.75) is 6.54 Å². The summed E-state index contributed by atoms with van der Waals surface area (Å²) >= 11 is 5.14. The van der Waals surface area contributed by atoms with Crippen molar-refractivity contribution in [2.75, 3.05) is 26.2 Å². The third-order valence-corrected chi connectivity index (χ3v) is 4.87. The van der Waals surface area contributed by atoms with Crippen LogP contribution in [0, 0.1) is 0 Å². The van der Waals surface area contributed by atoms with Crippen molar-refractivity contribution < 1.29 is 14.8 Å². The number of amides is 2. The molecule has 1 aromatic heterocycles. The molecule has 1 saturated heterocycles. The average Bonchev–Trinajstić information content (AvgIpc) is 2.77. The summed E-state index contributed by atoms with van der Waals surface area (Å²) in [5.74, 6) is -0.827. The highest BCUT2D eigenvalue weighted by molar-refractivity contribution is 6.22. The molecule has 156 valence electrons. The van der Waals surface area contributed by atoms with Crippen LogP contribution in [-0.2, 0) is 16.1 Å². The fourth-order valence-electron chi connectivity index (χ4n) is 3.10. The summed E-state index contributed by atoms with van der Waals surface area (Å²) in [6.45, 7) is 3.94. The Bertz CT molecular complexity index is 923. The summed E-state index contributed by atoms with van der Waals surface area (Å²) in [4.78, 5) is 32.3. The number of hydroxylamine groups is 1. The van der Waals surface area contributed by atoms with Gasteiger partial charge in [-0.2, -0.15) is 0 Å². The van der Waals surface area contributed by atoms with Crippen LogP contribution in [0.5, 0.6) is 0 Å². The number of carbonyl (C=O) groups is 2. The van der Waals surface area contributed by atoms with Gasteiger partial charge in [0.05, 0.1) is 11.4 Å². The molecule has 3 rings (SSSR count). The highest BCUT2D eigenvalue weighted by Crippen LogP contribution is 2.10. The van der Waals surface area contributed by atoms with Crippen LogP contribution in [0.2, 0.25) is 0 Å². The molecule has 8 heteroatoms. The van der Waals surface area contributed by atoms with E-state index in [0.717, 1.165) is 25.7 Å². The Morgan fingerprint density at radius 2 is 1.60 bits per heavy atom. The molecule has 1 aliphatic rings. The lowest BCUT2D eigenvalue weighted by molar-refractivity contribution is -0.140. The number of pyridine rings is 1. The van der Waals surface area contributed by atoms with Crippen LogP contribution in [0.4, 0.5) is 0 Å². The van der Waals surface area contributed by atoms with Crippen molar-refractivity contribution in [2.24, 2.45) is 0 Å². The molecule has 1 aromatic carbocycles. The molecule has 0 unspecified atom stereocenters. The average molecular weight is 427 g/mol. The number of nitrogens with zero attached hydrogens (tertiary/aromatic N) is 4. The van der Waals surface area contributed by atoms with Gasteiger partial charge in [0, 0.05) is 56.7 Å². The largest absolute Gasteiger partial charge is 0.337 e. The molecule has 2 aromatic rings. The lowest BCUT2D eigenvalue weighted by Gasteiger charge is -2.34. The maximum absolute atomic E-state index is 12.5. The topological polar surface area (TPSA) is 77.0 Å². The van der Waals surface area contributed by atoms with Crippen molar-refractivity contribution in [3.63, 3.8) is 0 Å². The van der Waals surface area contributed by atoms with Crippen LogP contribution >= 0.6 is 11.8 Å². The van der Waals surface area contributed by atoms with Gasteiger partial charge in [-0.25, -0.2) is 4.98 Å². The molecule has 0 saturated carbocycles. The second kappa shape index (κ2) is 10.7. The van der Waals surface area contributed by atoms with Crippen LogP contribution in [0.15, 0.2) is 60.7 Å². The predicted molar refractivity (Wildman–Crippen MR) is 115 cm³/mol. The Kier molecular flexibility index (Phi) is 7.73. The smallest absolute Gasteiger partial charge is 0.285 e. The first-order chi connectivity index (χ1) is 14.5. The fraction of sp³-hybridized carbons (Fsp3) is 0.227. The number of hydrogen-bond donors (Lipinski definition) is 1. The highest BCUT2D eigenvalue weighted by atomic mass is 35.5. The first kappa shape index (κ1) is 21.7. The van der Waals surface area contributed by atoms with E-state index in [2.05, 4.69) is 22.0 Å². The maximum atomic E-state index is 12.5. The van der Waals surface area contributed by atoms with Gasteiger partial charge in [0.2, 0.25) is 5.91 Å². The lowest BCUT2D eigenvalue weighted by Crippen LogP contribution is -2.47. The zero-order valence-corrected chi connectivity index (χ0v) is 17.2. The Balaban J connectivity index is 1.51. The van der Waals surface area contributed by atoms with Crippen molar-refractivity contribution in [1.82, 2.24) is 19.4 Å². The van der Waals surface area contributed by atoms with E-state index < -0.39 is 5.91 Å². The SMILES string of the molecule is O=C(/C=C/c1cccc(/C=C/C(=O)N2CCN(Cc3ccccc3)CC2)n1)N(O)Cl. The van der Waals surface area contributed by atoms with Crippen molar-refractivity contribution in [3.8, 4) is 0 Å². The molecule has 0 aliphatic carbocycles. The molecule has 0 spiro atoms. The molecule has 2 heterocycles. The van der Waals surface area contributed by atoms with Gasteiger partial charge in [-0.1, -0.05) is 36.4 Å². The van der Waals surface area contributed by atoms with Crippen molar-refractivity contribution in [3.05, 3.63) is 77.6 Å². The quantitative estimate of drug-likeness (QED) is 0.332. The minimum atomic E-state index is -0.777. The van der Waals surface area contributed by atoms with E-state index in [9.17, 15) is 9.59 Å². The Hall–Kier alpha value is -3.00. The van der Waals surface area contributed by atoms with Gasteiger partial charge in [0.15, 0.2) is 0 Å². The molecule has 30 heavy (non-hydrogen) atoms. The second-order valence-corrected chi connectivity index (χ2v) is 7.16. The predicted octanol–water partition coefficient (Wildman–Crippen LogP) is 2.82. The Labute approximate surface area is 180 Å². The normalized spacial score (nSPS) is 15.1. The zero-order valence-electron chi connectivity index (χ0n) is 16.4. The summed E-state index contributed by atoms with van der Waals surface area (Å²) in [5, 5.41) is 8.83. The first-order valence-corrected chi connectivity index (χ1v) is 9.92. The number of benzene rings is 1. The molecule has 7 nitrogen and oxygen atoms in total. The molecule has 0 radical (unpaired) electrons. The Morgan fingerprint density at radius 1 is 0.967 bits per heavy atom. The molecule has 0 bridgehead atoms. The number of aromatic nitrogens is 1. The van der Waals surface area contributed by atoms with E-state index in [4.69, 9.17) is 17.0 Å². The molecule has 0 atom stereocenters. The van der Waals surface area contributed by atoms with Crippen LogP contribution in [0.3, 0.4) is 0 Å². The molecule has 1 fully saturated rings. The number of carbonyl (C=O) groups excluding carboxylic acids is 2. The van der Waals surface area contributed by atoms with Crippen LogP contribution in [-0.4, -0.2) is 62.6 Å². The summed E-state index contributed by atoms with van der Waals surface area (Å²) in [5.41, 5.74) is 2.37. The molecular formula is C22H23ClN4O3. The fourth-order valence-corrected chi connectivity index (χ4v) is 3.16. The summed E-state index contributed by atoms with van der Waals surface area (Å²) in [6, 6.07) is 15.5. The minimum Gasteiger partial charge on any atom is -0.337 e. The maximum Gasteiger partial charge on any atom is 0.285 e. The summed E-state index contributed by atoms with van der Waals surface area (Å²) in [6.07, 6.45) is 5.70. The van der Waals surface area contributed by atoms with Gasteiger partial charge >= 0.3 is 0 Å². The van der Waals surface area contributed by atoms with E-state index in [0.29, 0.717) is 24.5 Å². The van der Waals surface area contributed by atoms with Crippen molar-refractivity contribution >= 4 is 35.7 Å². The van der Waals surface area contributed by atoms with Gasteiger partial charge < -0.3 is 4.90 Å². The molecule has 2 amide bonds. The van der Waals surface area contributed by atoms with Crippen LogP contribution < -0.4 is 0 Å². The monoisotopic (exact) mass is 426 g/mol. The summed E-state index contributed by atoms with van der Waals surface area (Å²) in [7, 11) is 0. The van der Waals surface area contributed by atoms with E-state index in [1.807, 2.05) is 23.1 Å². The van der Waals surface area contributed by atoms with Gasteiger partial charge in [-0.05, 0) is 29.8 Å². The number of piperazine rings is 1. The number of halogens is 1. The van der Waals surface area contributed by atoms with Gasteiger partial charge in [-0.15, -0.1) is 4.58 Å². The van der Waals surface area contributed by atoms with Gasteiger partial charge in [0.25, 0.3) is 5.91 Å². The Morgan fingerprint density at radius 3 is 2.23 bits per heavy atom. The summed E-state index contributed by atoms with van der Waals surface area (Å²) < 4.78 is -0.0292. The van der Waals surface area contributed by atoms with Crippen LogP contribution in [0.1, 0.15) is 17.0 Å². The molecule has 1 N–H and O–H groups in total. The highest BCUT2D eigenvalue weighted by Gasteiger charge is 2.19. The van der Waals surface area contributed by atoms with Gasteiger partial charge in [0.1, 0.15) is 0 Å². The molecule has 1 aliphatic heterocycles. The van der Waals surface area contributed by atoms with Crippen molar-refractivity contribution in [1.29, 1.82) is 0 Å². The second-order valence-electron chi connectivity index (χ2n) is 6.84. The van der Waals surface area contributed by atoms with Gasteiger partial charge in [-0.3, -0.25) is 19.7 Å². The van der Waals surface area contributed by atoms with E-state index in [1.165, 1.54) is 17.7 Å². The first-order valence-electron chi connectivity index (χ1n) is 9.58. The van der Waals surface area contributed by atoms with Crippen LogP contribution in [0.25, 0.3) is 12.2 Å². The minimum absolute atomic E-state index is 0.0292. The van der Waals surface area contributed by atoms with E-state index in [-0.39, 0.29) is 10.5 Å². The number of hydrogen-bond acceptors (Lipinski definition) is 5. The lowest BCUT2D eigenvalue weighted by atomic mass is 10.2. The third kappa shape index (κ3) is 6.52. The van der Waals surface area contributed by atoms with E-state index >= 15 is 0 Å².